The molecule has 0 heterocycles. The van der Waals surface area contributed by atoms with Crippen LogP contribution in [0, 0.1) is 0 Å². The summed E-state index contributed by atoms with van der Waals surface area (Å²) in [5.41, 5.74) is 0. The number of hydrogen-bond acceptors (Lipinski definition) is 3. The Morgan fingerprint density at radius 2 is 1.85 bits per heavy atom. The molecule has 2 N–H and O–H groups in total. The highest BCUT2D eigenvalue weighted by molar-refractivity contribution is 4.56. The van der Waals surface area contributed by atoms with Crippen molar-refractivity contribution in [3.63, 3.8) is 0 Å². The Balaban J connectivity index is 3.37. The van der Waals surface area contributed by atoms with Gasteiger partial charge in [-0.25, -0.2) is 0 Å². The van der Waals surface area contributed by atoms with Crippen molar-refractivity contribution in [3.8, 4) is 0 Å². The molecule has 13 heavy (non-hydrogen) atoms. The van der Waals surface area contributed by atoms with Gasteiger partial charge in [-0.1, -0.05) is 13.8 Å². The quantitative estimate of drug-likeness (QED) is 0.607. The molecule has 0 aromatic carbocycles. The van der Waals surface area contributed by atoms with Crippen molar-refractivity contribution in [2.75, 3.05) is 13.2 Å². The minimum atomic E-state index is -0.244. The zero-order valence-electron chi connectivity index (χ0n) is 8.70. The SMILES string of the molecule is CCC(O)CCOC(CC)CCO. The van der Waals surface area contributed by atoms with Crippen LogP contribution in [0.15, 0.2) is 0 Å². The highest BCUT2D eigenvalue weighted by Crippen LogP contribution is 2.05. The Kier molecular flexibility index (Phi) is 8.40. The molecule has 0 rings (SSSR count). The molecule has 2 unspecified atom stereocenters. The molecule has 0 spiro atoms. The van der Waals surface area contributed by atoms with Gasteiger partial charge in [0.2, 0.25) is 0 Å². The first kappa shape index (κ1) is 12.9. The van der Waals surface area contributed by atoms with Crippen LogP contribution in [0.2, 0.25) is 0 Å². The first-order valence-electron chi connectivity index (χ1n) is 5.15. The van der Waals surface area contributed by atoms with E-state index >= 15 is 0 Å². The van der Waals surface area contributed by atoms with Crippen molar-refractivity contribution in [2.24, 2.45) is 0 Å². The van der Waals surface area contributed by atoms with Gasteiger partial charge in [0.05, 0.1) is 12.2 Å². The zero-order chi connectivity index (χ0) is 10.1. The van der Waals surface area contributed by atoms with Crippen molar-refractivity contribution < 1.29 is 14.9 Å². The second-order valence-corrected chi connectivity index (χ2v) is 3.26. The van der Waals surface area contributed by atoms with Crippen LogP contribution in [0.25, 0.3) is 0 Å². The molecular weight excluding hydrogens is 168 g/mol. The summed E-state index contributed by atoms with van der Waals surface area (Å²) in [6.07, 6.45) is 2.99. The summed E-state index contributed by atoms with van der Waals surface area (Å²) in [7, 11) is 0. The van der Waals surface area contributed by atoms with Gasteiger partial charge >= 0.3 is 0 Å². The lowest BCUT2D eigenvalue weighted by atomic mass is 10.2. The lowest BCUT2D eigenvalue weighted by Gasteiger charge is -2.15. The summed E-state index contributed by atoms with van der Waals surface area (Å²) in [6.45, 7) is 4.76. The molecule has 0 aromatic heterocycles. The molecule has 0 aliphatic heterocycles. The van der Waals surface area contributed by atoms with Crippen molar-refractivity contribution in [3.05, 3.63) is 0 Å². The Hall–Kier alpha value is -0.120. The van der Waals surface area contributed by atoms with Crippen LogP contribution in [0.1, 0.15) is 39.5 Å². The van der Waals surface area contributed by atoms with Crippen LogP contribution in [-0.4, -0.2) is 35.6 Å². The fraction of sp³-hybridized carbons (Fsp3) is 1.00. The summed E-state index contributed by atoms with van der Waals surface area (Å²) < 4.78 is 5.48. The monoisotopic (exact) mass is 190 g/mol. The van der Waals surface area contributed by atoms with Crippen LogP contribution in [0.4, 0.5) is 0 Å². The lowest BCUT2D eigenvalue weighted by molar-refractivity contribution is 0.0133. The normalized spacial score (nSPS) is 15.7. The summed E-state index contributed by atoms with van der Waals surface area (Å²) in [5, 5.41) is 17.9. The van der Waals surface area contributed by atoms with E-state index in [2.05, 4.69) is 0 Å². The molecule has 0 fully saturated rings. The smallest absolute Gasteiger partial charge is 0.0594 e. The average molecular weight is 190 g/mol. The minimum Gasteiger partial charge on any atom is -0.396 e. The molecule has 0 saturated carbocycles. The number of hydrogen-bond donors (Lipinski definition) is 2. The van der Waals surface area contributed by atoms with Gasteiger partial charge in [0.15, 0.2) is 0 Å². The lowest BCUT2D eigenvalue weighted by Crippen LogP contribution is -2.17. The highest BCUT2D eigenvalue weighted by atomic mass is 16.5. The van der Waals surface area contributed by atoms with Crippen LogP contribution >= 0.6 is 0 Å². The van der Waals surface area contributed by atoms with E-state index in [0.717, 1.165) is 12.8 Å². The number of aliphatic hydroxyl groups excluding tert-OH is 2. The summed E-state index contributed by atoms with van der Waals surface area (Å²) >= 11 is 0. The van der Waals surface area contributed by atoms with E-state index in [1.807, 2.05) is 13.8 Å². The fourth-order valence-electron chi connectivity index (χ4n) is 1.12. The van der Waals surface area contributed by atoms with Gasteiger partial charge in [0.25, 0.3) is 0 Å². The van der Waals surface area contributed by atoms with E-state index < -0.39 is 0 Å². The predicted molar refractivity (Wildman–Crippen MR) is 52.6 cm³/mol. The maximum absolute atomic E-state index is 9.24. The Labute approximate surface area is 80.7 Å². The van der Waals surface area contributed by atoms with Gasteiger partial charge in [-0.3, -0.25) is 0 Å². The maximum Gasteiger partial charge on any atom is 0.0594 e. The van der Waals surface area contributed by atoms with Gasteiger partial charge in [-0.05, 0) is 25.7 Å². The molecule has 0 saturated heterocycles. The number of rotatable bonds is 8. The minimum absolute atomic E-state index is 0.147. The van der Waals surface area contributed by atoms with Crippen molar-refractivity contribution in [1.82, 2.24) is 0 Å². The van der Waals surface area contributed by atoms with E-state index in [1.54, 1.807) is 0 Å². The molecule has 80 valence electrons. The van der Waals surface area contributed by atoms with E-state index in [0.29, 0.717) is 19.4 Å². The van der Waals surface area contributed by atoms with Crippen LogP contribution in [0.5, 0.6) is 0 Å². The van der Waals surface area contributed by atoms with Gasteiger partial charge < -0.3 is 14.9 Å². The van der Waals surface area contributed by atoms with Crippen LogP contribution in [-0.2, 0) is 4.74 Å². The second kappa shape index (κ2) is 8.48. The molecule has 0 amide bonds. The topological polar surface area (TPSA) is 49.7 Å². The first-order valence-corrected chi connectivity index (χ1v) is 5.15. The van der Waals surface area contributed by atoms with Gasteiger partial charge in [-0.2, -0.15) is 0 Å². The summed E-state index contributed by atoms with van der Waals surface area (Å²) in [5.74, 6) is 0. The maximum atomic E-state index is 9.24. The third-order valence-electron chi connectivity index (χ3n) is 2.18. The van der Waals surface area contributed by atoms with Crippen molar-refractivity contribution >= 4 is 0 Å². The zero-order valence-corrected chi connectivity index (χ0v) is 8.70. The second-order valence-electron chi connectivity index (χ2n) is 3.26. The highest BCUT2D eigenvalue weighted by Gasteiger charge is 2.06. The molecule has 0 aliphatic rings. The molecule has 3 nitrogen and oxygen atoms in total. The molecule has 0 aromatic rings. The molecule has 0 radical (unpaired) electrons. The molecule has 3 heteroatoms. The standard InChI is InChI=1S/C10H22O3/c1-3-9(12)6-8-13-10(4-2)5-7-11/h9-12H,3-8H2,1-2H3. The van der Waals surface area contributed by atoms with E-state index in [9.17, 15) is 5.11 Å². The van der Waals surface area contributed by atoms with Crippen molar-refractivity contribution in [1.29, 1.82) is 0 Å². The predicted octanol–water partition coefficient (Wildman–Crippen LogP) is 1.32. The third kappa shape index (κ3) is 6.99. The largest absolute Gasteiger partial charge is 0.396 e. The van der Waals surface area contributed by atoms with Crippen LogP contribution < -0.4 is 0 Å². The van der Waals surface area contributed by atoms with Gasteiger partial charge in [0.1, 0.15) is 0 Å². The van der Waals surface area contributed by atoms with E-state index in [1.165, 1.54) is 0 Å². The van der Waals surface area contributed by atoms with Crippen LogP contribution in [0.3, 0.4) is 0 Å². The molecule has 2 atom stereocenters. The molecule has 0 bridgehead atoms. The Morgan fingerprint density at radius 1 is 1.15 bits per heavy atom. The van der Waals surface area contributed by atoms with Gasteiger partial charge in [-0.15, -0.1) is 0 Å². The molecular formula is C10H22O3. The summed E-state index contributed by atoms with van der Waals surface area (Å²) in [6, 6.07) is 0. The fourth-order valence-corrected chi connectivity index (χ4v) is 1.12. The third-order valence-corrected chi connectivity index (χ3v) is 2.18. The number of aliphatic hydroxyl groups is 2. The van der Waals surface area contributed by atoms with E-state index in [4.69, 9.17) is 9.84 Å². The average Bonchev–Trinajstić information content (AvgIpc) is 2.16. The molecule has 0 aliphatic carbocycles. The van der Waals surface area contributed by atoms with E-state index in [-0.39, 0.29) is 18.8 Å². The Bertz CT molecular complexity index is 106. The van der Waals surface area contributed by atoms with Gasteiger partial charge in [0, 0.05) is 13.2 Å². The van der Waals surface area contributed by atoms with Crippen molar-refractivity contribution in [2.45, 2.75) is 51.7 Å². The first-order chi connectivity index (χ1) is 6.24. The number of ether oxygens (including phenoxy) is 1. The Morgan fingerprint density at radius 3 is 2.31 bits per heavy atom. The summed E-state index contributed by atoms with van der Waals surface area (Å²) in [4.78, 5) is 0.